The highest BCUT2D eigenvalue weighted by molar-refractivity contribution is 6.03. The summed E-state index contributed by atoms with van der Waals surface area (Å²) in [5.41, 5.74) is 6.01. The maximum absolute atomic E-state index is 10.9. The van der Waals surface area contributed by atoms with Gasteiger partial charge < -0.3 is 10.6 Å². The SMILES string of the molecule is CO/N=C1\CCCC[C@H]1C(N)=O. The van der Waals surface area contributed by atoms with Gasteiger partial charge in [-0.25, -0.2) is 0 Å². The molecule has 68 valence electrons. The van der Waals surface area contributed by atoms with Crippen LogP contribution in [-0.4, -0.2) is 18.7 Å². The van der Waals surface area contributed by atoms with Gasteiger partial charge in [-0.1, -0.05) is 11.6 Å². The van der Waals surface area contributed by atoms with Crippen LogP contribution in [-0.2, 0) is 9.63 Å². The summed E-state index contributed by atoms with van der Waals surface area (Å²) in [5, 5.41) is 3.80. The number of hydrogen-bond donors (Lipinski definition) is 1. The van der Waals surface area contributed by atoms with Crippen molar-refractivity contribution in [3.8, 4) is 0 Å². The lowest BCUT2D eigenvalue weighted by Gasteiger charge is -2.19. The molecule has 0 saturated heterocycles. The highest BCUT2D eigenvalue weighted by atomic mass is 16.6. The molecule has 0 aliphatic heterocycles. The summed E-state index contributed by atoms with van der Waals surface area (Å²) in [7, 11) is 1.49. The van der Waals surface area contributed by atoms with Gasteiger partial charge in [0, 0.05) is 0 Å². The van der Waals surface area contributed by atoms with Crippen LogP contribution in [0.4, 0.5) is 0 Å². The third-order valence-electron chi connectivity index (χ3n) is 2.13. The molecule has 4 nitrogen and oxygen atoms in total. The van der Waals surface area contributed by atoms with E-state index in [-0.39, 0.29) is 11.8 Å². The van der Waals surface area contributed by atoms with E-state index >= 15 is 0 Å². The van der Waals surface area contributed by atoms with E-state index in [2.05, 4.69) is 9.99 Å². The highest BCUT2D eigenvalue weighted by Gasteiger charge is 2.25. The molecule has 4 heteroatoms. The molecule has 0 aromatic rings. The van der Waals surface area contributed by atoms with E-state index in [1.54, 1.807) is 0 Å². The van der Waals surface area contributed by atoms with Crippen molar-refractivity contribution >= 4 is 11.6 Å². The summed E-state index contributed by atoms with van der Waals surface area (Å²) in [6.07, 6.45) is 3.78. The Kier molecular flexibility index (Phi) is 3.08. The maximum atomic E-state index is 10.9. The standard InChI is InChI=1S/C8H14N2O2/c1-12-10-7-5-3-2-4-6(7)8(9)11/h6H,2-5H2,1H3,(H2,9,11)/b10-7+/t6-/m1/s1. The molecule has 1 atom stereocenters. The monoisotopic (exact) mass is 170 g/mol. The molecular weight excluding hydrogens is 156 g/mol. The lowest BCUT2D eigenvalue weighted by molar-refractivity contribution is -0.120. The van der Waals surface area contributed by atoms with Crippen molar-refractivity contribution in [3.63, 3.8) is 0 Å². The van der Waals surface area contributed by atoms with E-state index in [0.29, 0.717) is 0 Å². The van der Waals surface area contributed by atoms with E-state index < -0.39 is 0 Å². The van der Waals surface area contributed by atoms with Crippen molar-refractivity contribution in [1.82, 2.24) is 0 Å². The Balaban J connectivity index is 2.67. The van der Waals surface area contributed by atoms with Crippen molar-refractivity contribution in [2.75, 3.05) is 7.11 Å². The molecular formula is C8H14N2O2. The van der Waals surface area contributed by atoms with Gasteiger partial charge in [-0.15, -0.1) is 0 Å². The average Bonchev–Trinajstić information content (AvgIpc) is 2.05. The predicted octanol–water partition coefficient (Wildman–Crippen LogP) is 0.664. The van der Waals surface area contributed by atoms with Gasteiger partial charge in [0.05, 0.1) is 11.6 Å². The largest absolute Gasteiger partial charge is 0.399 e. The quantitative estimate of drug-likeness (QED) is 0.619. The Morgan fingerprint density at radius 2 is 2.42 bits per heavy atom. The summed E-state index contributed by atoms with van der Waals surface area (Å²) in [6.45, 7) is 0. The van der Waals surface area contributed by atoms with Gasteiger partial charge in [-0.2, -0.15) is 0 Å². The zero-order valence-electron chi connectivity index (χ0n) is 7.25. The minimum Gasteiger partial charge on any atom is -0.399 e. The molecule has 0 aromatic carbocycles. The normalized spacial score (nSPS) is 27.1. The molecule has 0 aromatic heterocycles. The summed E-state index contributed by atoms with van der Waals surface area (Å²) in [6, 6.07) is 0. The summed E-state index contributed by atoms with van der Waals surface area (Å²) in [5.74, 6) is -0.482. The molecule has 1 saturated carbocycles. The van der Waals surface area contributed by atoms with Gasteiger partial charge in [0.1, 0.15) is 7.11 Å². The second-order valence-corrected chi connectivity index (χ2v) is 2.97. The van der Waals surface area contributed by atoms with E-state index in [1.165, 1.54) is 7.11 Å². The molecule has 0 radical (unpaired) electrons. The van der Waals surface area contributed by atoms with Crippen LogP contribution < -0.4 is 5.73 Å². The fourth-order valence-corrected chi connectivity index (χ4v) is 1.53. The molecule has 2 N–H and O–H groups in total. The van der Waals surface area contributed by atoms with E-state index in [9.17, 15) is 4.79 Å². The van der Waals surface area contributed by atoms with Crippen molar-refractivity contribution in [1.29, 1.82) is 0 Å². The van der Waals surface area contributed by atoms with Crippen LogP contribution >= 0.6 is 0 Å². The number of hydrogen-bond acceptors (Lipinski definition) is 3. The van der Waals surface area contributed by atoms with Crippen LogP contribution in [0.15, 0.2) is 5.16 Å². The second kappa shape index (κ2) is 4.09. The van der Waals surface area contributed by atoms with E-state index in [0.717, 1.165) is 31.4 Å². The van der Waals surface area contributed by atoms with Crippen molar-refractivity contribution < 1.29 is 9.63 Å². The molecule has 1 rings (SSSR count). The molecule has 0 spiro atoms. The smallest absolute Gasteiger partial charge is 0.226 e. The maximum Gasteiger partial charge on any atom is 0.226 e. The minimum absolute atomic E-state index is 0.196. The zero-order chi connectivity index (χ0) is 8.97. The lowest BCUT2D eigenvalue weighted by Crippen LogP contribution is -2.32. The number of nitrogens with zero attached hydrogens (tertiary/aromatic N) is 1. The number of amides is 1. The number of carbonyl (C=O) groups is 1. The van der Waals surface area contributed by atoms with Crippen LogP contribution in [0.1, 0.15) is 25.7 Å². The zero-order valence-corrected chi connectivity index (χ0v) is 7.25. The molecule has 1 aliphatic carbocycles. The first-order valence-electron chi connectivity index (χ1n) is 4.15. The predicted molar refractivity (Wildman–Crippen MR) is 45.6 cm³/mol. The van der Waals surface area contributed by atoms with Crippen LogP contribution in [0.2, 0.25) is 0 Å². The molecule has 12 heavy (non-hydrogen) atoms. The Labute approximate surface area is 71.8 Å². The van der Waals surface area contributed by atoms with E-state index in [4.69, 9.17) is 5.73 Å². The Bertz CT molecular complexity index is 201. The van der Waals surface area contributed by atoms with Crippen molar-refractivity contribution in [2.45, 2.75) is 25.7 Å². The van der Waals surface area contributed by atoms with Crippen molar-refractivity contribution in [3.05, 3.63) is 0 Å². The number of rotatable bonds is 2. The topological polar surface area (TPSA) is 64.7 Å². The Hall–Kier alpha value is -1.06. The fourth-order valence-electron chi connectivity index (χ4n) is 1.53. The number of primary amides is 1. The van der Waals surface area contributed by atoms with Crippen LogP contribution in [0.3, 0.4) is 0 Å². The molecule has 1 fully saturated rings. The lowest BCUT2D eigenvalue weighted by atomic mass is 9.87. The highest BCUT2D eigenvalue weighted by Crippen LogP contribution is 2.21. The summed E-state index contributed by atoms with van der Waals surface area (Å²) < 4.78 is 0. The molecule has 0 bridgehead atoms. The average molecular weight is 170 g/mol. The van der Waals surface area contributed by atoms with Crippen molar-refractivity contribution in [2.24, 2.45) is 16.8 Å². The Morgan fingerprint density at radius 3 is 3.00 bits per heavy atom. The first kappa shape index (κ1) is 9.03. The number of oxime groups is 1. The fraction of sp³-hybridized carbons (Fsp3) is 0.750. The van der Waals surface area contributed by atoms with Crippen LogP contribution in [0.25, 0.3) is 0 Å². The van der Waals surface area contributed by atoms with Crippen LogP contribution in [0, 0.1) is 5.92 Å². The van der Waals surface area contributed by atoms with Gasteiger partial charge in [-0.05, 0) is 19.3 Å². The number of nitrogens with two attached hydrogens (primary N) is 1. The van der Waals surface area contributed by atoms with Gasteiger partial charge >= 0.3 is 0 Å². The summed E-state index contributed by atoms with van der Waals surface area (Å²) in [4.78, 5) is 15.6. The minimum atomic E-state index is -0.287. The third kappa shape index (κ3) is 1.96. The van der Waals surface area contributed by atoms with Gasteiger partial charge in [-0.3, -0.25) is 4.79 Å². The third-order valence-corrected chi connectivity index (χ3v) is 2.13. The van der Waals surface area contributed by atoms with Gasteiger partial charge in [0.15, 0.2) is 0 Å². The molecule has 1 aliphatic rings. The number of carbonyl (C=O) groups excluding carboxylic acids is 1. The molecule has 1 amide bonds. The second-order valence-electron chi connectivity index (χ2n) is 2.97. The molecule has 0 heterocycles. The first-order chi connectivity index (χ1) is 5.75. The molecule has 0 unspecified atom stereocenters. The van der Waals surface area contributed by atoms with E-state index in [1.807, 2.05) is 0 Å². The van der Waals surface area contributed by atoms with Gasteiger partial charge in [0.25, 0.3) is 0 Å². The Morgan fingerprint density at radius 1 is 1.67 bits per heavy atom. The van der Waals surface area contributed by atoms with Gasteiger partial charge in [0.2, 0.25) is 5.91 Å². The first-order valence-corrected chi connectivity index (χ1v) is 4.15. The van der Waals surface area contributed by atoms with Crippen LogP contribution in [0.5, 0.6) is 0 Å². The summed E-state index contributed by atoms with van der Waals surface area (Å²) >= 11 is 0.